The van der Waals surface area contributed by atoms with Gasteiger partial charge in [0.05, 0.1) is 0 Å². The number of hydrogen-bond acceptors (Lipinski definition) is 0. The Morgan fingerprint density at radius 2 is 1.07 bits per heavy atom. The molecule has 2 atom stereocenters. The predicted octanol–water partition coefficient (Wildman–Crippen LogP) is 4.56. The van der Waals surface area contributed by atoms with Crippen molar-refractivity contribution in [2.45, 2.75) is 54.4 Å². The van der Waals surface area contributed by atoms with Crippen LogP contribution < -0.4 is 0 Å². The highest BCUT2D eigenvalue weighted by atomic mass is 14.5. The van der Waals surface area contributed by atoms with Gasteiger partial charge in [-0.25, -0.2) is 0 Å². The third kappa shape index (κ3) is 2.32. The van der Waals surface area contributed by atoms with Crippen molar-refractivity contribution >= 4 is 0 Å². The van der Waals surface area contributed by atoms with E-state index in [0.29, 0.717) is 16.7 Å². The number of rotatable bonds is 0. The average Bonchev–Trinajstić information content (AvgIpc) is 2.26. The Labute approximate surface area is 90.5 Å². The Bertz CT molecular complexity index is 167. The highest BCUT2D eigenvalue weighted by Crippen LogP contribution is 2.51. The molecule has 1 fully saturated rings. The molecule has 83 valence electrons. The van der Waals surface area contributed by atoms with Crippen LogP contribution in [0.25, 0.3) is 0 Å². The second-order valence-electron chi connectivity index (χ2n) is 7.19. The molecule has 0 aromatic heterocycles. The van der Waals surface area contributed by atoms with Crippen LogP contribution in [-0.4, -0.2) is 0 Å². The summed E-state index contributed by atoms with van der Waals surface area (Å²) < 4.78 is 0. The molecule has 0 N–H and O–H groups in total. The zero-order valence-electron chi connectivity index (χ0n) is 10.9. The van der Waals surface area contributed by atoms with Gasteiger partial charge in [0, 0.05) is 0 Å². The largest absolute Gasteiger partial charge is 0.0599 e. The van der Waals surface area contributed by atoms with Crippen LogP contribution in [0, 0.1) is 35.5 Å². The van der Waals surface area contributed by atoms with E-state index in [-0.39, 0.29) is 0 Å². The summed E-state index contributed by atoms with van der Waals surface area (Å²) in [5, 5.41) is 0. The number of hydrogen-bond donors (Lipinski definition) is 0. The summed E-state index contributed by atoms with van der Waals surface area (Å²) in [6.45, 7) is 18.6. The second kappa shape index (κ2) is 3.54. The van der Waals surface area contributed by atoms with Crippen LogP contribution in [0.15, 0.2) is 0 Å². The smallest absolute Gasteiger partial charge is 0.0334 e. The molecule has 0 saturated heterocycles. The molecule has 0 aromatic rings. The van der Waals surface area contributed by atoms with Gasteiger partial charge >= 0.3 is 0 Å². The van der Waals surface area contributed by atoms with E-state index in [0.717, 1.165) is 11.8 Å². The van der Waals surface area contributed by atoms with Gasteiger partial charge in [-0.05, 0) is 48.3 Å². The van der Waals surface area contributed by atoms with Crippen molar-refractivity contribution in [3.05, 3.63) is 6.92 Å². The topological polar surface area (TPSA) is 0 Å². The maximum Gasteiger partial charge on any atom is -0.0334 e. The van der Waals surface area contributed by atoms with Gasteiger partial charge in [-0.1, -0.05) is 41.5 Å². The van der Waals surface area contributed by atoms with Gasteiger partial charge < -0.3 is 0 Å². The van der Waals surface area contributed by atoms with Gasteiger partial charge in [0.1, 0.15) is 0 Å². The molecule has 0 aliphatic heterocycles. The van der Waals surface area contributed by atoms with Gasteiger partial charge in [-0.2, -0.15) is 0 Å². The van der Waals surface area contributed by atoms with Crippen molar-refractivity contribution in [1.29, 1.82) is 0 Å². The van der Waals surface area contributed by atoms with Crippen molar-refractivity contribution in [3.8, 4) is 0 Å². The van der Waals surface area contributed by atoms with E-state index in [1.54, 1.807) is 0 Å². The lowest BCUT2D eigenvalue weighted by molar-refractivity contribution is 0.143. The molecule has 0 heteroatoms. The van der Waals surface area contributed by atoms with E-state index >= 15 is 0 Å². The van der Waals surface area contributed by atoms with E-state index in [2.05, 4.69) is 48.5 Å². The Morgan fingerprint density at radius 1 is 0.786 bits per heavy atom. The molecule has 14 heavy (non-hydrogen) atoms. The van der Waals surface area contributed by atoms with Crippen LogP contribution in [0.3, 0.4) is 0 Å². The van der Waals surface area contributed by atoms with Crippen molar-refractivity contribution in [1.82, 2.24) is 0 Å². The highest BCUT2D eigenvalue weighted by Gasteiger charge is 2.43. The lowest BCUT2D eigenvalue weighted by atomic mass is 9.69. The molecule has 2 unspecified atom stereocenters. The minimum atomic E-state index is 0.437. The van der Waals surface area contributed by atoms with Gasteiger partial charge in [0.2, 0.25) is 0 Å². The first-order valence-corrected chi connectivity index (χ1v) is 5.97. The third-order valence-electron chi connectivity index (χ3n) is 4.05. The lowest BCUT2D eigenvalue weighted by Gasteiger charge is -2.36. The van der Waals surface area contributed by atoms with E-state index in [1.165, 1.54) is 12.8 Å². The summed E-state index contributed by atoms with van der Waals surface area (Å²) in [7, 11) is 0. The summed E-state index contributed by atoms with van der Waals surface area (Å²) >= 11 is 0. The lowest BCUT2D eigenvalue weighted by Crippen LogP contribution is -2.29. The Morgan fingerprint density at radius 3 is 1.21 bits per heavy atom. The Hall–Kier alpha value is 0. The van der Waals surface area contributed by atoms with Crippen molar-refractivity contribution in [2.24, 2.45) is 28.6 Å². The SMILES string of the molecule is [CH2]C1C(C(C)(C)C)CCC1C(C)(C)C. The summed E-state index contributed by atoms with van der Waals surface area (Å²) in [4.78, 5) is 0. The minimum absolute atomic E-state index is 0.437. The molecule has 0 bridgehead atoms. The first-order chi connectivity index (χ1) is 6.14. The summed E-state index contributed by atoms with van der Waals surface area (Å²) in [6, 6.07) is 0. The summed E-state index contributed by atoms with van der Waals surface area (Å²) in [5.41, 5.74) is 0.874. The van der Waals surface area contributed by atoms with Crippen molar-refractivity contribution < 1.29 is 0 Å². The molecule has 0 spiro atoms. The van der Waals surface area contributed by atoms with Gasteiger partial charge in [0.15, 0.2) is 0 Å². The molecule has 1 rings (SSSR count). The molecule has 1 saturated carbocycles. The zero-order valence-corrected chi connectivity index (χ0v) is 10.9. The van der Waals surface area contributed by atoms with Crippen LogP contribution in [0.4, 0.5) is 0 Å². The normalized spacial score (nSPS) is 34.9. The van der Waals surface area contributed by atoms with Crippen molar-refractivity contribution in [3.63, 3.8) is 0 Å². The van der Waals surface area contributed by atoms with E-state index < -0.39 is 0 Å². The Kier molecular flexibility index (Phi) is 3.05. The molecular formula is C14H27. The maximum absolute atomic E-state index is 4.43. The fraction of sp³-hybridized carbons (Fsp3) is 0.929. The molecule has 0 heterocycles. The van der Waals surface area contributed by atoms with E-state index in [4.69, 9.17) is 0 Å². The standard InChI is InChI=1S/C14H27/c1-10-11(13(2,3)4)8-9-12(10)14(5,6)7/h10-12H,1,8-9H2,2-7H3. The third-order valence-corrected chi connectivity index (χ3v) is 4.05. The minimum Gasteiger partial charge on any atom is -0.0599 e. The zero-order chi connectivity index (χ0) is 11.1. The molecule has 0 nitrogen and oxygen atoms in total. The molecule has 0 amide bonds. The first-order valence-electron chi connectivity index (χ1n) is 5.97. The molecule has 1 aliphatic carbocycles. The van der Waals surface area contributed by atoms with Crippen LogP contribution in [0.2, 0.25) is 0 Å². The monoisotopic (exact) mass is 195 g/mol. The maximum atomic E-state index is 4.43. The molecular weight excluding hydrogens is 168 g/mol. The fourth-order valence-corrected chi connectivity index (χ4v) is 3.22. The molecule has 1 radical (unpaired) electrons. The summed E-state index contributed by atoms with van der Waals surface area (Å²) in [5.74, 6) is 2.27. The Balaban J connectivity index is 2.75. The van der Waals surface area contributed by atoms with Gasteiger partial charge in [-0.15, -0.1) is 0 Å². The van der Waals surface area contributed by atoms with Gasteiger partial charge in [-0.3, -0.25) is 0 Å². The van der Waals surface area contributed by atoms with E-state index in [1.807, 2.05) is 0 Å². The average molecular weight is 195 g/mol. The molecule has 0 aromatic carbocycles. The van der Waals surface area contributed by atoms with E-state index in [9.17, 15) is 0 Å². The van der Waals surface area contributed by atoms with Crippen LogP contribution >= 0.6 is 0 Å². The van der Waals surface area contributed by atoms with Crippen molar-refractivity contribution in [2.75, 3.05) is 0 Å². The second-order valence-corrected chi connectivity index (χ2v) is 7.19. The summed E-state index contributed by atoms with van der Waals surface area (Å²) in [6.07, 6.45) is 2.75. The highest BCUT2D eigenvalue weighted by molar-refractivity contribution is 4.95. The molecule has 1 aliphatic rings. The fourth-order valence-electron chi connectivity index (χ4n) is 3.22. The van der Waals surface area contributed by atoms with Crippen LogP contribution in [0.5, 0.6) is 0 Å². The van der Waals surface area contributed by atoms with Crippen LogP contribution in [-0.2, 0) is 0 Å². The predicted molar refractivity (Wildman–Crippen MR) is 64.0 cm³/mol. The quantitative estimate of drug-likeness (QED) is 0.532. The van der Waals surface area contributed by atoms with Crippen LogP contribution in [0.1, 0.15) is 54.4 Å². The first kappa shape index (κ1) is 12.1. The van der Waals surface area contributed by atoms with Gasteiger partial charge in [0.25, 0.3) is 0 Å².